The van der Waals surface area contributed by atoms with E-state index in [1.165, 1.54) is 0 Å². The lowest BCUT2D eigenvalue weighted by molar-refractivity contribution is -0.139. The fourth-order valence-corrected chi connectivity index (χ4v) is 1.38. The molecule has 1 rings (SSSR count). The van der Waals surface area contributed by atoms with Crippen LogP contribution in [0.1, 0.15) is 38.3 Å². The molecule has 92 valence electrons. The third-order valence-corrected chi connectivity index (χ3v) is 2.07. The second-order valence-electron chi connectivity index (χ2n) is 3.07. The molecule has 1 aromatic rings. The molecular formula is C10H5F5O2. The Morgan fingerprint density at radius 3 is 2.00 bits per heavy atom. The van der Waals surface area contributed by atoms with Crippen LogP contribution in [0.25, 0.3) is 0 Å². The van der Waals surface area contributed by atoms with Crippen molar-refractivity contribution >= 4 is 12.6 Å². The van der Waals surface area contributed by atoms with Crippen LogP contribution < -0.4 is 0 Å². The van der Waals surface area contributed by atoms with Gasteiger partial charge in [0.1, 0.15) is 0 Å². The highest BCUT2D eigenvalue weighted by atomic mass is 19.4. The molecule has 0 aliphatic heterocycles. The summed E-state index contributed by atoms with van der Waals surface area (Å²) in [5.41, 5.74) is -4.71. The molecule has 0 N–H and O–H groups in total. The van der Waals surface area contributed by atoms with Crippen LogP contribution in [-0.2, 0) is 6.18 Å². The third-order valence-electron chi connectivity index (χ3n) is 2.07. The lowest BCUT2D eigenvalue weighted by Gasteiger charge is -2.15. The molecule has 0 heterocycles. The number of hydrogen-bond donors (Lipinski definition) is 0. The van der Waals surface area contributed by atoms with E-state index in [1.807, 2.05) is 0 Å². The van der Waals surface area contributed by atoms with Gasteiger partial charge in [0.2, 0.25) is 0 Å². The molecular weight excluding hydrogens is 247 g/mol. The number of benzene rings is 1. The van der Waals surface area contributed by atoms with Gasteiger partial charge in [0.05, 0.1) is 5.56 Å². The number of rotatable bonds is 3. The van der Waals surface area contributed by atoms with Gasteiger partial charge in [-0.2, -0.15) is 13.2 Å². The van der Waals surface area contributed by atoms with Crippen LogP contribution in [0, 0.1) is 0 Å². The van der Waals surface area contributed by atoms with Gasteiger partial charge >= 0.3 is 6.18 Å². The molecule has 7 heteroatoms. The summed E-state index contributed by atoms with van der Waals surface area (Å²) in [6.07, 6.45) is -8.75. The Bertz CT molecular complexity index is 451. The van der Waals surface area contributed by atoms with Gasteiger partial charge in [-0.15, -0.1) is 0 Å². The van der Waals surface area contributed by atoms with Gasteiger partial charge in [-0.1, -0.05) is 12.1 Å². The summed E-state index contributed by atoms with van der Waals surface area (Å²) in [6, 6.07) is 1.25. The van der Waals surface area contributed by atoms with Crippen LogP contribution >= 0.6 is 0 Å². The maximum atomic E-state index is 12.6. The van der Waals surface area contributed by atoms with Crippen molar-refractivity contribution in [3.8, 4) is 0 Å². The number of halogens is 5. The lowest BCUT2D eigenvalue weighted by Crippen LogP contribution is -2.15. The Kier molecular flexibility index (Phi) is 3.59. The highest BCUT2D eigenvalue weighted by Gasteiger charge is 2.39. The number of carbonyl (C=O) groups excluding carboxylic acids is 2. The van der Waals surface area contributed by atoms with E-state index in [0.717, 1.165) is 6.07 Å². The quantitative estimate of drug-likeness (QED) is 0.611. The Morgan fingerprint density at radius 1 is 1.06 bits per heavy atom. The van der Waals surface area contributed by atoms with Crippen LogP contribution in [0.3, 0.4) is 0 Å². The van der Waals surface area contributed by atoms with E-state index in [4.69, 9.17) is 0 Å². The normalized spacial score (nSPS) is 11.6. The van der Waals surface area contributed by atoms with E-state index in [-0.39, 0.29) is 12.6 Å². The standard InChI is InChI=1S/C10H5F5O2/c11-9(12)6-2-1-5(3-16)7(4-17)8(6)10(13,14)15/h1-4,9H. The van der Waals surface area contributed by atoms with Crippen molar-refractivity contribution in [1.82, 2.24) is 0 Å². The van der Waals surface area contributed by atoms with Gasteiger partial charge in [0.15, 0.2) is 12.6 Å². The monoisotopic (exact) mass is 252 g/mol. The van der Waals surface area contributed by atoms with E-state index in [9.17, 15) is 31.5 Å². The Morgan fingerprint density at radius 2 is 1.65 bits per heavy atom. The number of hydrogen-bond acceptors (Lipinski definition) is 2. The molecule has 0 radical (unpaired) electrons. The maximum Gasteiger partial charge on any atom is 0.417 e. The number of aldehydes is 2. The molecule has 0 amide bonds. The predicted octanol–water partition coefficient (Wildman–Crippen LogP) is 3.27. The lowest BCUT2D eigenvalue weighted by atomic mass is 9.97. The zero-order chi connectivity index (χ0) is 13.2. The summed E-state index contributed by atoms with van der Waals surface area (Å²) < 4.78 is 62.5. The largest absolute Gasteiger partial charge is 0.417 e. The first-order valence-corrected chi connectivity index (χ1v) is 4.25. The van der Waals surface area contributed by atoms with Crippen LogP contribution in [0.4, 0.5) is 22.0 Å². The second kappa shape index (κ2) is 4.60. The van der Waals surface area contributed by atoms with Crippen LogP contribution in [0.5, 0.6) is 0 Å². The summed E-state index contributed by atoms with van der Waals surface area (Å²) in [5.74, 6) is 0. The summed E-state index contributed by atoms with van der Waals surface area (Å²) in [4.78, 5) is 21.0. The van der Waals surface area contributed by atoms with Crippen LogP contribution in [0.2, 0.25) is 0 Å². The molecule has 0 spiro atoms. The van der Waals surface area contributed by atoms with E-state index >= 15 is 0 Å². The molecule has 0 atom stereocenters. The second-order valence-corrected chi connectivity index (χ2v) is 3.07. The van der Waals surface area contributed by atoms with E-state index in [2.05, 4.69) is 0 Å². The Balaban J connectivity index is 3.68. The van der Waals surface area contributed by atoms with Gasteiger partial charge in [-0.3, -0.25) is 9.59 Å². The molecule has 2 nitrogen and oxygen atoms in total. The highest BCUT2D eigenvalue weighted by Crippen LogP contribution is 2.39. The molecule has 0 saturated carbocycles. The fraction of sp³-hybridized carbons (Fsp3) is 0.200. The first-order valence-electron chi connectivity index (χ1n) is 4.25. The minimum absolute atomic E-state index is 0.00816. The Labute approximate surface area is 92.0 Å². The van der Waals surface area contributed by atoms with Crippen molar-refractivity contribution in [3.05, 3.63) is 34.4 Å². The van der Waals surface area contributed by atoms with Crippen molar-refractivity contribution in [2.24, 2.45) is 0 Å². The van der Waals surface area contributed by atoms with E-state index in [1.54, 1.807) is 0 Å². The van der Waals surface area contributed by atoms with Crippen LogP contribution in [0.15, 0.2) is 12.1 Å². The molecule has 0 aliphatic carbocycles. The fourth-order valence-electron chi connectivity index (χ4n) is 1.38. The van der Waals surface area contributed by atoms with Gasteiger partial charge in [0.25, 0.3) is 6.43 Å². The maximum absolute atomic E-state index is 12.6. The van der Waals surface area contributed by atoms with E-state index in [0.29, 0.717) is 6.07 Å². The summed E-state index contributed by atoms with van der Waals surface area (Å²) >= 11 is 0. The minimum Gasteiger partial charge on any atom is -0.298 e. The number of carbonyl (C=O) groups is 2. The smallest absolute Gasteiger partial charge is 0.298 e. The van der Waals surface area contributed by atoms with Gasteiger partial charge in [0, 0.05) is 16.7 Å². The van der Waals surface area contributed by atoms with Crippen molar-refractivity contribution < 1.29 is 31.5 Å². The summed E-state index contributed by atoms with van der Waals surface area (Å²) in [7, 11) is 0. The summed E-state index contributed by atoms with van der Waals surface area (Å²) in [5, 5.41) is 0. The topological polar surface area (TPSA) is 34.1 Å². The molecule has 0 unspecified atom stereocenters. The molecule has 17 heavy (non-hydrogen) atoms. The highest BCUT2D eigenvalue weighted by molar-refractivity contribution is 5.92. The predicted molar refractivity (Wildman–Crippen MR) is 47.2 cm³/mol. The van der Waals surface area contributed by atoms with Gasteiger partial charge in [-0.25, -0.2) is 8.78 Å². The number of alkyl halides is 5. The SMILES string of the molecule is O=Cc1ccc(C(F)F)c(C(F)(F)F)c1C=O. The first kappa shape index (κ1) is 13.3. The molecule has 0 aliphatic rings. The van der Waals surface area contributed by atoms with Crippen molar-refractivity contribution in [1.29, 1.82) is 0 Å². The van der Waals surface area contributed by atoms with Gasteiger partial charge in [-0.05, 0) is 0 Å². The minimum atomic E-state index is -5.12. The molecule has 0 bridgehead atoms. The van der Waals surface area contributed by atoms with Crippen LogP contribution in [-0.4, -0.2) is 12.6 Å². The average Bonchev–Trinajstić information content (AvgIpc) is 2.25. The third kappa shape index (κ3) is 2.48. The van der Waals surface area contributed by atoms with Gasteiger partial charge < -0.3 is 0 Å². The zero-order valence-corrected chi connectivity index (χ0v) is 8.09. The zero-order valence-electron chi connectivity index (χ0n) is 8.09. The molecule has 1 aromatic carbocycles. The van der Waals surface area contributed by atoms with Crippen molar-refractivity contribution in [2.45, 2.75) is 12.6 Å². The molecule has 0 fully saturated rings. The summed E-state index contributed by atoms with van der Waals surface area (Å²) in [6.45, 7) is 0. The first-order chi connectivity index (χ1) is 7.82. The van der Waals surface area contributed by atoms with Crippen molar-refractivity contribution in [2.75, 3.05) is 0 Å². The molecule has 0 aromatic heterocycles. The average molecular weight is 252 g/mol. The molecule has 0 saturated heterocycles. The van der Waals surface area contributed by atoms with Crippen molar-refractivity contribution in [3.63, 3.8) is 0 Å². The van der Waals surface area contributed by atoms with E-state index < -0.39 is 34.9 Å². The Hall–Kier alpha value is -1.79.